The molecule has 0 aromatic carbocycles. The van der Waals surface area contributed by atoms with E-state index in [1.807, 2.05) is 6.26 Å². The Kier molecular flexibility index (Phi) is 10.1. The van der Waals surface area contributed by atoms with Crippen molar-refractivity contribution in [1.29, 1.82) is 0 Å². The van der Waals surface area contributed by atoms with Gasteiger partial charge in [-0.15, -0.1) is 0 Å². The summed E-state index contributed by atoms with van der Waals surface area (Å²) in [5, 5.41) is 5.06. The minimum absolute atomic E-state index is 0.0973. The molecule has 0 saturated carbocycles. The van der Waals surface area contributed by atoms with Crippen LogP contribution in [0.5, 0.6) is 0 Å². The van der Waals surface area contributed by atoms with E-state index >= 15 is 0 Å². The molecule has 0 heterocycles. The highest BCUT2D eigenvalue weighted by molar-refractivity contribution is 7.98. The number of methoxy groups -OCH3 is 1. The van der Waals surface area contributed by atoms with Crippen LogP contribution >= 0.6 is 24.4 Å². The third kappa shape index (κ3) is 9.60. The molecule has 0 aliphatic carbocycles. The summed E-state index contributed by atoms with van der Waals surface area (Å²) in [7, 11) is 1.23. The van der Waals surface area contributed by atoms with E-state index in [1.54, 1.807) is 32.5 Å². The molecule has 23 heavy (non-hydrogen) atoms. The van der Waals surface area contributed by atoms with Gasteiger partial charge >= 0.3 is 12.1 Å². The Morgan fingerprint density at radius 2 is 1.78 bits per heavy atom. The van der Waals surface area contributed by atoms with Crippen molar-refractivity contribution in [2.75, 3.05) is 24.9 Å². The third-order valence-electron chi connectivity index (χ3n) is 2.60. The van der Waals surface area contributed by atoms with E-state index < -0.39 is 35.7 Å². The Morgan fingerprint density at radius 1 is 1.17 bits per heavy atom. The topological polar surface area (TPSA) is 93.7 Å². The first-order valence-electron chi connectivity index (χ1n) is 7.12. The van der Waals surface area contributed by atoms with Crippen molar-refractivity contribution in [3.05, 3.63) is 0 Å². The number of rotatable bonds is 8. The van der Waals surface area contributed by atoms with Gasteiger partial charge in [0.15, 0.2) is 0 Å². The van der Waals surface area contributed by atoms with Gasteiger partial charge in [-0.25, -0.2) is 9.59 Å². The fourth-order valence-electron chi connectivity index (χ4n) is 1.55. The van der Waals surface area contributed by atoms with Crippen LogP contribution in [0.1, 0.15) is 27.2 Å². The molecular formula is C14H26N2O5S2. The summed E-state index contributed by atoms with van der Waals surface area (Å²) in [6.07, 6.45) is 1.62. The number of hydrogen-bond donors (Lipinski definition) is 3. The summed E-state index contributed by atoms with van der Waals surface area (Å²) in [5.41, 5.74) is -0.662. The van der Waals surface area contributed by atoms with E-state index in [0.717, 1.165) is 0 Å². The average molecular weight is 367 g/mol. The quantitative estimate of drug-likeness (QED) is 0.442. The molecule has 0 aromatic heterocycles. The first kappa shape index (κ1) is 21.9. The van der Waals surface area contributed by atoms with Crippen LogP contribution in [0.2, 0.25) is 0 Å². The summed E-state index contributed by atoms with van der Waals surface area (Å²) < 4.78 is 9.75. The Morgan fingerprint density at radius 3 is 2.22 bits per heavy atom. The van der Waals surface area contributed by atoms with Crippen LogP contribution in [-0.4, -0.2) is 60.5 Å². The molecule has 0 aromatic rings. The van der Waals surface area contributed by atoms with Crippen LogP contribution in [0, 0.1) is 0 Å². The zero-order valence-corrected chi connectivity index (χ0v) is 15.9. The molecule has 0 unspecified atom stereocenters. The van der Waals surface area contributed by atoms with E-state index in [-0.39, 0.29) is 5.75 Å². The maximum atomic E-state index is 12.3. The summed E-state index contributed by atoms with van der Waals surface area (Å²) in [5.74, 6) is -0.304. The second-order valence-corrected chi connectivity index (χ2v) is 7.10. The predicted molar refractivity (Wildman–Crippen MR) is 94.0 cm³/mol. The number of nitrogens with one attached hydrogen (secondary N) is 2. The fraction of sp³-hybridized carbons (Fsp3) is 0.786. The number of thioether (sulfide) groups is 1. The molecule has 0 rings (SSSR count). The number of esters is 1. The largest absolute Gasteiger partial charge is 0.467 e. The van der Waals surface area contributed by atoms with Gasteiger partial charge in [0, 0.05) is 5.75 Å². The summed E-state index contributed by atoms with van der Waals surface area (Å²) >= 11 is 5.56. The molecule has 0 aliphatic heterocycles. The molecule has 2 atom stereocenters. The number of ether oxygens (including phenoxy) is 2. The Bertz CT molecular complexity index is 412. The summed E-state index contributed by atoms with van der Waals surface area (Å²) in [6.45, 7) is 5.20. The maximum absolute atomic E-state index is 12.3. The number of carbonyl (C=O) groups is 3. The SMILES string of the molecule is COC(=O)[C@H](CS)NC(=O)[C@H](CCSC)NC(=O)OC(C)(C)C. The molecule has 0 aliphatic rings. The first-order chi connectivity index (χ1) is 10.6. The molecule has 0 saturated heterocycles. The minimum Gasteiger partial charge on any atom is -0.467 e. The van der Waals surface area contributed by atoms with Gasteiger partial charge in [-0.05, 0) is 39.2 Å². The van der Waals surface area contributed by atoms with Crippen LogP contribution in [0.25, 0.3) is 0 Å². The molecule has 7 nitrogen and oxygen atoms in total. The standard InChI is InChI=1S/C14H26N2O5S2/c1-14(2,3)21-13(19)16-9(6-7-23-5)11(17)15-10(8-22)12(18)20-4/h9-10,22H,6-8H2,1-5H3,(H,15,17)(H,16,19)/t9-,10-/m0/s1. The smallest absolute Gasteiger partial charge is 0.408 e. The van der Waals surface area contributed by atoms with E-state index in [2.05, 4.69) is 28.0 Å². The van der Waals surface area contributed by atoms with E-state index in [1.165, 1.54) is 7.11 Å². The Balaban J connectivity index is 4.83. The molecule has 134 valence electrons. The highest BCUT2D eigenvalue weighted by atomic mass is 32.2. The van der Waals surface area contributed by atoms with Gasteiger partial charge in [0.1, 0.15) is 17.7 Å². The van der Waals surface area contributed by atoms with Gasteiger partial charge in [0.2, 0.25) is 5.91 Å². The number of amides is 2. The highest BCUT2D eigenvalue weighted by Gasteiger charge is 2.27. The van der Waals surface area contributed by atoms with Gasteiger partial charge in [-0.3, -0.25) is 4.79 Å². The second kappa shape index (κ2) is 10.6. The van der Waals surface area contributed by atoms with Crippen LogP contribution in [-0.2, 0) is 19.1 Å². The lowest BCUT2D eigenvalue weighted by atomic mass is 10.2. The second-order valence-electron chi connectivity index (χ2n) is 5.75. The molecule has 2 N–H and O–H groups in total. The monoisotopic (exact) mass is 366 g/mol. The number of hydrogen-bond acceptors (Lipinski definition) is 7. The molecular weight excluding hydrogens is 340 g/mol. The number of alkyl carbamates (subject to hydrolysis) is 1. The van der Waals surface area contributed by atoms with Crippen LogP contribution in [0.15, 0.2) is 0 Å². The highest BCUT2D eigenvalue weighted by Crippen LogP contribution is 2.08. The molecule has 2 amide bonds. The van der Waals surface area contributed by atoms with Crippen molar-refractivity contribution in [2.24, 2.45) is 0 Å². The van der Waals surface area contributed by atoms with E-state index in [4.69, 9.17) is 4.74 Å². The zero-order valence-electron chi connectivity index (χ0n) is 14.2. The number of carbonyl (C=O) groups excluding carboxylic acids is 3. The lowest BCUT2D eigenvalue weighted by Crippen LogP contribution is -2.53. The van der Waals surface area contributed by atoms with Crippen molar-refractivity contribution in [2.45, 2.75) is 44.9 Å². The van der Waals surface area contributed by atoms with Crippen LogP contribution in [0.3, 0.4) is 0 Å². The lowest BCUT2D eigenvalue weighted by molar-refractivity contribution is -0.144. The normalized spacial score (nSPS) is 13.7. The minimum atomic E-state index is -0.868. The van der Waals surface area contributed by atoms with E-state index in [0.29, 0.717) is 12.2 Å². The molecule has 0 spiro atoms. The first-order valence-corrected chi connectivity index (χ1v) is 9.14. The maximum Gasteiger partial charge on any atom is 0.408 e. The Hall–Kier alpha value is -1.09. The molecule has 0 radical (unpaired) electrons. The average Bonchev–Trinajstić information content (AvgIpc) is 2.45. The van der Waals surface area contributed by atoms with Gasteiger partial charge in [-0.2, -0.15) is 24.4 Å². The zero-order chi connectivity index (χ0) is 18.0. The van der Waals surface area contributed by atoms with E-state index in [9.17, 15) is 14.4 Å². The lowest BCUT2D eigenvalue weighted by Gasteiger charge is -2.24. The Labute approximate surface area is 147 Å². The van der Waals surface area contributed by atoms with Gasteiger partial charge < -0.3 is 20.1 Å². The van der Waals surface area contributed by atoms with Crippen molar-refractivity contribution >= 4 is 42.4 Å². The molecule has 9 heteroatoms. The van der Waals surface area contributed by atoms with Gasteiger partial charge in [0.05, 0.1) is 7.11 Å². The number of thiol groups is 1. The van der Waals surface area contributed by atoms with Crippen molar-refractivity contribution in [3.8, 4) is 0 Å². The van der Waals surface area contributed by atoms with Crippen molar-refractivity contribution in [3.63, 3.8) is 0 Å². The van der Waals surface area contributed by atoms with Crippen LogP contribution < -0.4 is 10.6 Å². The summed E-state index contributed by atoms with van der Waals surface area (Å²) in [4.78, 5) is 35.7. The van der Waals surface area contributed by atoms with Crippen molar-refractivity contribution in [1.82, 2.24) is 10.6 Å². The van der Waals surface area contributed by atoms with Crippen LogP contribution in [0.4, 0.5) is 4.79 Å². The third-order valence-corrected chi connectivity index (χ3v) is 3.61. The fourth-order valence-corrected chi connectivity index (χ4v) is 2.26. The molecule has 0 bridgehead atoms. The predicted octanol–water partition coefficient (Wildman–Crippen LogP) is 1.22. The van der Waals surface area contributed by atoms with Gasteiger partial charge in [-0.1, -0.05) is 0 Å². The van der Waals surface area contributed by atoms with Crippen molar-refractivity contribution < 1.29 is 23.9 Å². The van der Waals surface area contributed by atoms with Gasteiger partial charge in [0.25, 0.3) is 0 Å². The molecule has 0 fully saturated rings. The summed E-state index contributed by atoms with van der Waals surface area (Å²) in [6, 6.07) is -1.67.